The number of nitrogens with one attached hydrogen (secondary N) is 2. The molecular weight excluding hydrogens is 396 g/mol. The van der Waals surface area contributed by atoms with Crippen LogP contribution >= 0.6 is 15.9 Å². The van der Waals surface area contributed by atoms with Crippen molar-refractivity contribution in [3.05, 3.63) is 93.9 Å². The zero-order chi connectivity index (χ0) is 18.4. The maximum atomic E-state index is 12.1. The van der Waals surface area contributed by atoms with E-state index in [1.165, 1.54) is 0 Å². The van der Waals surface area contributed by atoms with Crippen LogP contribution in [0.2, 0.25) is 0 Å². The highest BCUT2D eigenvalue weighted by atomic mass is 79.9. The summed E-state index contributed by atoms with van der Waals surface area (Å²) in [6.07, 6.45) is 1.57. The molecule has 0 saturated carbocycles. The Labute approximate surface area is 159 Å². The molecule has 0 atom stereocenters. The number of carbonyl (C=O) groups is 2. The zero-order valence-electron chi connectivity index (χ0n) is 13.9. The van der Waals surface area contributed by atoms with Crippen molar-refractivity contribution in [1.29, 1.82) is 0 Å². The predicted molar refractivity (Wildman–Crippen MR) is 102 cm³/mol. The third-order valence-electron chi connectivity index (χ3n) is 3.78. The first-order valence-electron chi connectivity index (χ1n) is 8.05. The Bertz CT molecular complexity index is 872. The van der Waals surface area contributed by atoms with Gasteiger partial charge in [-0.25, -0.2) is 0 Å². The van der Waals surface area contributed by atoms with Gasteiger partial charge in [-0.2, -0.15) is 0 Å². The fraction of sp³-hybridized carbons (Fsp3) is 0.100. The first-order valence-corrected chi connectivity index (χ1v) is 8.84. The van der Waals surface area contributed by atoms with Gasteiger partial charge in [-0.05, 0) is 54.1 Å². The highest BCUT2D eigenvalue weighted by Gasteiger charge is 2.08. The molecule has 5 nitrogen and oxygen atoms in total. The molecule has 0 saturated heterocycles. The van der Waals surface area contributed by atoms with E-state index in [0.29, 0.717) is 30.0 Å². The Balaban J connectivity index is 1.51. The summed E-state index contributed by atoms with van der Waals surface area (Å²) in [6, 6.07) is 17.9. The Morgan fingerprint density at radius 2 is 1.38 bits per heavy atom. The number of hydrogen-bond acceptors (Lipinski definition) is 3. The molecular formula is C20H17BrN2O3. The maximum Gasteiger partial charge on any atom is 0.251 e. The smallest absolute Gasteiger partial charge is 0.251 e. The fourth-order valence-electron chi connectivity index (χ4n) is 2.34. The number of amides is 2. The monoisotopic (exact) mass is 412 g/mol. The Hall–Kier alpha value is -2.86. The van der Waals surface area contributed by atoms with Gasteiger partial charge in [0.15, 0.2) is 0 Å². The lowest BCUT2D eigenvalue weighted by atomic mass is 10.1. The van der Waals surface area contributed by atoms with Crippen molar-refractivity contribution in [2.45, 2.75) is 13.1 Å². The van der Waals surface area contributed by atoms with Crippen LogP contribution in [0.3, 0.4) is 0 Å². The number of furan rings is 1. The second kappa shape index (κ2) is 8.49. The molecule has 6 heteroatoms. The van der Waals surface area contributed by atoms with Crippen molar-refractivity contribution in [3.63, 3.8) is 0 Å². The molecule has 0 spiro atoms. The van der Waals surface area contributed by atoms with Crippen LogP contribution in [0, 0.1) is 0 Å². The van der Waals surface area contributed by atoms with Gasteiger partial charge in [0.25, 0.3) is 11.8 Å². The Morgan fingerprint density at radius 1 is 0.808 bits per heavy atom. The lowest BCUT2D eigenvalue weighted by Gasteiger charge is -2.07. The average Bonchev–Trinajstić information content (AvgIpc) is 3.19. The summed E-state index contributed by atoms with van der Waals surface area (Å²) in [4.78, 5) is 24.2. The molecule has 132 valence electrons. The molecule has 2 amide bonds. The molecule has 0 aliphatic rings. The van der Waals surface area contributed by atoms with E-state index in [9.17, 15) is 9.59 Å². The number of hydrogen-bond donors (Lipinski definition) is 2. The van der Waals surface area contributed by atoms with Crippen LogP contribution in [0.1, 0.15) is 32.0 Å². The van der Waals surface area contributed by atoms with E-state index >= 15 is 0 Å². The van der Waals surface area contributed by atoms with Gasteiger partial charge in [-0.1, -0.05) is 28.1 Å². The predicted octanol–water partition coefficient (Wildman–Crippen LogP) is 3.90. The van der Waals surface area contributed by atoms with Crippen LogP contribution in [0.4, 0.5) is 0 Å². The molecule has 3 rings (SSSR count). The summed E-state index contributed by atoms with van der Waals surface area (Å²) >= 11 is 3.34. The van der Waals surface area contributed by atoms with Crippen molar-refractivity contribution >= 4 is 27.7 Å². The second-order valence-corrected chi connectivity index (χ2v) is 6.56. The van der Waals surface area contributed by atoms with Crippen molar-refractivity contribution in [2.75, 3.05) is 0 Å². The summed E-state index contributed by atoms with van der Waals surface area (Å²) in [7, 11) is 0. The molecule has 0 radical (unpaired) electrons. The molecule has 0 unspecified atom stereocenters. The summed E-state index contributed by atoms with van der Waals surface area (Å²) in [5, 5.41) is 5.65. The third-order valence-corrected chi connectivity index (χ3v) is 4.31. The van der Waals surface area contributed by atoms with Gasteiger partial charge in [-0.15, -0.1) is 0 Å². The van der Waals surface area contributed by atoms with Crippen molar-refractivity contribution < 1.29 is 14.0 Å². The van der Waals surface area contributed by atoms with Gasteiger partial charge >= 0.3 is 0 Å². The summed E-state index contributed by atoms with van der Waals surface area (Å²) in [5.74, 6) is 0.384. The number of halogens is 1. The largest absolute Gasteiger partial charge is 0.467 e. The molecule has 1 aromatic heterocycles. The number of rotatable bonds is 6. The lowest BCUT2D eigenvalue weighted by molar-refractivity contribution is 0.0940. The molecule has 0 bridgehead atoms. The van der Waals surface area contributed by atoms with Crippen molar-refractivity contribution in [2.24, 2.45) is 0 Å². The topological polar surface area (TPSA) is 71.3 Å². The molecule has 26 heavy (non-hydrogen) atoms. The van der Waals surface area contributed by atoms with Gasteiger partial charge in [0.1, 0.15) is 5.76 Å². The van der Waals surface area contributed by atoms with Crippen LogP contribution < -0.4 is 10.6 Å². The zero-order valence-corrected chi connectivity index (χ0v) is 15.5. The Kier molecular flexibility index (Phi) is 5.86. The van der Waals surface area contributed by atoms with E-state index in [-0.39, 0.29) is 11.8 Å². The van der Waals surface area contributed by atoms with Crippen molar-refractivity contribution in [3.8, 4) is 0 Å². The maximum absolute atomic E-state index is 12.1. The minimum absolute atomic E-state index is 0.141. The molecule has 0 fully saturated rings. The SMILES string of the molecule is O=C(NCc1ccc(C(=O)NCc2ccco2)cc1)c1ccc(Br)cc1. The highest BCUT2D eigenvalue weighted by Crippen LogP contribution is 2.11. The minimum Gasteiger partial charge on any atom is -0.467 e. The van der Waals surface area contributed by atoms with Gasteiger partial charge in [0.05, 0.1) is 12.8 Å². The van der Waals surface area contributed by atoms with E-state index in [4.69, 9.17) is 4.42 Å². The van der Waals surface area contributed by atoms with Crippen LogP contribution in [-0.2, 0) is 13.1 Å². The Morgan fingerprint density at radius 3 is 1.96 bits per heavy atom. The third kappa shape index (κ3) is 4.83. The van der Waals surface area contributed by atoms with E-state index in [1.807, 2.05) is 24.3 Å². The van der Waals surface area contributed by atoms with Gasteiger partial charge in [0.2, 0.25) is 0 Å². The van der Waals surface area contributed by atoms with Crippen LogP contribution in [0.5, 0.6) is 0 Å². The van der Waals surface area contributed by atoms with Crippen molar-refractivity contribution in [1.82, 2.24) is 10.6 Å². The average molecular weight is 413 g/mol. The second-order valence-electron chi connectivity index (χ2n) is 5.65. The fourth-order valence-corrected chi connectivity index (χ4v) is 2.61. The normalized spacial score (nSPS) is 10.3. The first-order chi connectivity index (χ1) is 12.6. The van der Waals surface area contributed by atoms with Gasteiger partial charge < -0.3 is 15.1 Å². The van der Waals surface area contributed by atoms with Crippen LogP contribution in [0.25, 0.3) is 0 Å². The molecule has 1 heterocycles. The minimum atomic E-state index is -0.174. The first kappa shape index (κ1) is 17.9. The number of benzene rings is 2. The molecule has 2 N–H and O–H groups in total. The summed E-state index contributed by atoms with van der Waals surface area (Å²) in [5.41, 5.74) is 2.07. The molecule has 2 aromatic carbocycles. The molecule has 0 aliphatic carbocycles. The molecule has 0 aliphatic heterocycles. The van der Waals surface area contributed by atoms with E-state index in [1.54, 1.807) is 42.7 Å². The van der Waals surface area contributed by atoms with E-state index in [2.05, 4.69) is 26.6 Å². The molecule has 3 aromatic rings. The summed E-state index contributed by atoms with van der Waals surface area (Å²) in [6.45, 7) is 0.736. The highest BCUT2D eigenvalue weighted by molar-refractivity contribution is 9.10. The van der Waals surface area contributed by atoms with Gasteiger partial charge in [-0.3, -0.25) is 9.59 Å². The van der Waals surface area contributed by atoms with Crippen LogP contribution in [-0.4, -0.2) is 11.8 Å². The standard InChI is InChI=1S/C20H17BrN2O3/c21-17-9-7-16(8-10-17)19(24)22-12-14-3-5-15(6-4-14)20(25)23-13-18-2-1-11-26-18/h1-11H,12-13H2,(H,22,24)(H,23,25). The van der Waals surface area contributed by atoms with Crippen LogP contribution in [0.15, 0.2) is 75.8 Å². The van der Waals surface area contributed by atoms with E-state index < -0.39 is 0 Å². The summed E-state index contributed by atoms with van der Waals surface area (Å²) < 4.78 is 6.10. The van der Waals surface area contributed by atoms with E-state index in [0.717, 1.165) is 10.0 Å². The lowest BCUT2D eigenvalue weighted by Crippen LogP contribution is -2.23. The van der Waals surface area contributed by atoms with Gasteiger partial charge in [0, 0.05) is 22.1 Å². The number of carbonyl (C=O) groups excluding carboxylic acids is 2. The quantitative estimate of drug-likeness (QED) is 0.644.